The molecule has 0 saturated heterocycles. The van der Waals surface area contributed by atoms with Crippen LogP contribution < -0.4 is 9.46 Å². The highest BCUT2D eigenvalue weighted by atomic mass is 32.2. The fraction of sp³-hybridized carbons (Fsp3) is 0.278. The lowest BCUT2D eigenvalue weighted by atomic mass is 10.1. The van der Waals surface area contributed by atoms with Gasteiger partial charge in [0.15, 0.2) is 0 Å². The average Bonchev–Trinajstić information content (AvgIpc) is 2.68. The number of carbonyl (C=O) groups excluding carboxylic acids is 1. The highest BCUT2D eigenvalue weighted by molar-refractivity contribution is 7.89. The van der Waals surface area contributed by atoms with E-state index in [1.165, 1.54) is 0 Å². The molecular weight excluding hydrogens is 388 g/mol. The first kappa shape index (κ1) is 21.3. The zero-order valence-corrected chi connectivity index (χ0v) is 16.1. The fourth-order valence-corrected chi connectivity index (χ4v) is 3.63. The third kappa shape index (κ3) is 5.51. The van der Waals surface area contributed by atoms with Crippen LogP contribution in [-0.4, -0.2) is 39.1 Å². The molecule has 28 heavy (non-hydrogen) atoms. The molecule has 1 N–H and O–H groups in total. The molecule has 1 atom stereocenters. The summed E-state index contributed by atoms with van der Waals surface area (Å²) in [5.74, 6) is -0.0910. The van der Waals surface area contributed by atoms with E-state index in [4.69, 9.17) is 9.47 Å². The second kappa shape index (κ2) is 9.29. The molecule has 0 heterocycles. The molecule has 0 aliphatic heterocycles. The molecule has 10 heteroatoms. The van der Waals surface area contributed by atoms with Crippen molar-refractivity contribution in [2.75, 3.05) is 13.7 Å². The summed E-state index contributed by atoms with van der Waals surface area (Å²) in [5, 5.41) is 10.7. The van der Waals surface area contributed by atoms with Gasteiger partial charge in [0.05, 0.1) is 23.5 Å². The molecule has 0 amide bonds. The van der Waals surface area contributed by atoms with Crippen molar-refractivity contribution >= 4 is 21.7 Å². The van der Waals surface area contributed by atoms with E-state index in [2.05, 4.69) is 4.72 Å². The van der Waals surface area contributed by atoms with Crippen molar-refractivity contribution in [1.29, 1.82) is 0 Å². The average molecular weight is 408 g/mol. The molecule has 150 valence electrons. The Morgan fingerprint density at radius 3 is 2.25 bits per heavy atom. The SMILES string of the molecule is CCOc1ccc(C[C@@H](NS(=O)(=O)c2ccc([N+](=O)[O-])cc2)C(=O)OC)cc1. The Bertz CT molecular complexity index is 925. The number of methoxy groups -OCH3 is 1. The summed E-state index contributed by atoms with van der Waals surface area (Å²) < 4.78 is 37.5. The Labute approximate surface area is 162 Å². The number of nitrogens with one attached hydrogen (secondary N) is 1. The van der Waals surface area contributed by atoms with Gasteiger partial charge in [-0.25, -0.2) is 8.42 Å². The van der Waals surface area contributed by atoms with E-state index in [1.54, 1.807) is 24.3 Å². The number of nitro groups is 1. The van der Waals surface area contributed by atoms with Crippen LogP contribution in [0.1, 0.15) is 12.5 Å². The van der Waals surface area contributed by atoms with Crippen molar-refractivity contribution in [3.63, 3.8) is 0 Å². The van der Waals surface area contributed by atoms with Gasteiger partial charge in [0.2, 0.25) is 10.0 Å². The van der Waals surface area contributed by atoms with Crippen LogP contribution in [0, 0.1) is 10.1 Å². The Morgan fingerprint density at radius 2 is 1.75 bits per heavy atom. The maximum absolute atomic E-state index is 12.6. The molecule has 9 nitrogen and oxygen atoms in total. The first-order valence-electron chi connectivity index (χ1n) is 8.33. The number of benzene rings is 2. The van der Waals surface area contributed by atoms with Crippen LogP contribution in [0.25, 0.3) is 0 Å². The summed E-state index contributed by atoms with van der Waals surface area (Å²) >= 11 is 0. The number of non-ortho nitro benzene ring substituents is 1. The molecule has 0 aliphatic carbocycles. The van der Waals surface area contributed by atoms with E-state index >= 15 is 0 Å². The minimum absolute atomic E-state index is 0.0608. The molecule has 0 unspecified atom stereocenters. The smallest absolute Gasteiger partial charge is 0.324 e. The molecule has 2 aromatic rings. The predicted molar refractivity (Wildman–Crippen MR) is 101 cm³/mol. The summed E-state index contributed by atoms with van der Waals surface area (Å²) in [5.41, 5.74) is 0.461. The number of rotatable bonds is 9. The Hall–Kier alpha value is -2.98. The van der Waals surface area contributed by atoms with Gasteiger partial charge in [0.1, 0.15) is 11.8 Å². The van der Waals surface area contributed by atoms with Crippen molar-refractivity contribution in [2.24, 2.45) is 0 Å². The molecule has 2 aromatic carbocycles. The predicted octanol–water partition coefficient (Wildman–Crippen LogP) is 2.06. The van der Waals surface area contributed by atoms with Crippen LogP contribution in [0.2, 0.25) is 0 Å². The van der Waals surface area contributed by atoms with E-state index in [-0.39, 0.29) is 17.0 Å². The normalized spacial score (nSPS) is 12.2. The first-order chi connectivity index (χ1) is 13.3. The van der Waals surface area contributed by atoms with E-state index in [0.29, 0.717) is 17.9 Å². The second-order valence-corrected chi connectivity index (χ2v) is 7.44. The summed E-state index contributed by atoms with van der Waals surface area (Å²) in [6.07, 6.45) is 0.0608. The van der Waals surface area contributed by atoms with Crippen LogP contribution in [-0.2, 0) is 26.0 Å². The number of ether oxygens (including phenoxy) is 2. The molecule has 0 aromatic heterocycles. The molecule has 0 fully saturated rings. The molecule has 0 aliphatic rings. The van der Waals surface area contributed by atoms with Gasteiger partial charge >= 0.3 is 5.97 Å². The van der Waals surface area contributed by atoms with E-state index < -0.39 is 27.0 Å². The van der Waals surface area contributed by atoms with Crippen LogP contribution in [0.4, 0.5) is 5.69 Å². The van der Waals surface area contributed by atoms with Gasteiger partial charge in [-0.1, -0.05) is 12.1 Å². The number of carbonyl (C=O) groups is 1. The number of hydrogen-bond donors (Lipinski definition) is 1. The van der Waals surface area contributed by atoms with E-state index in [9.17, 15) is 23.3 Å². The lowest BCUT2D eigenvalue weighted by molar-refractivity contribution is -0.384. The molecule has 0 bridgehead atoms. The highest BCUT2D eigenvalue weighted by Gasteiger charge is 2.27. The van der Waals surface area contributed by atoms with Gasteiger partial charge in [-0.15, -0.1) is 0 Å². The Balaban J connectivity index is 2.20. The zero-order chi connectivity index (χ0) is 20.7. The van der Waals surface area contributed by atoms with Crippen molar-refractivity contribution in [1.82, 2.24) is 4.72 Å². The van der Waals surface area contributed by atoms with Gasteiger partial charge in [-0.3, -0.25) is 14.9 Å². The molecular formula is C18H20N2O7S. The highest BCUT2D eigenvalue weighted by Crippen LogP contribution is 2.18. The van der Waals surface area contributed by atoms with E-state index in [0.717, 1.165) is 31.4 Å². The topological polar surface area (TPSA) is 125 Å². The van der Waals surface area contributed by atoms with Crippen molar-refractivity contribution < 1.29 is 27.6 Å². The zero-order valence-electron chi connectivity index (χ0n) is 15.3. The molecule has 0 radical (unpaired) electrons. The molecule has 2 rings (SSSR count). The van der Waals surface area contributed by atoms with Gasteiger partial charge in [0, 0.05) is 12.1 Å². The number of nitrogens with zero attached hydrogens (tertiary/aromatic N) is 1. The van der Waals surface area contributed by atoms with Crippen LogP contribution in [0.5, 0.6) is 5.75 Å². The summed E-state index contributed by atoms with van der Waals surface area (Å²) in [7, 11) is -2.93. The third-order valence-electron chi connectivity index (χ3n) is 3.82. The Morgan fingerprint density at radius 1 is 1.14 bits per heavy atom. The van der Waals surface area contributed by atoms with Crippen LogP contribution >= 0.6 is 0 Å². The van der Waals surface area contributed by atoms with Gasteiger partial charge < -0.3 is 9.47 Å². The fourth-order valence-electron chi connectivity index (χ4n) is 2.44. The number of esters is 1. The largest absolute Gasteiger partial charge is 0.494 e. The van der Waals surface area contributed by atoms with Crippen LogP contribution in [0.15, 0.2) is 53.4 Å². The van der Waals surface area contributed by atoms with Crippen LogP contribution in [0.3, 0.4) is 0 Å². The number of sulfonamides is 1. The maximum Gasteiger partial charge on any atom is 0.324 e. The summed E-state index contributed by atoms with van der Waals surface area (Å²) in [6, 6.07) is 10.1. The third-order valence-corrected chi connectivity index (χ3v) is 5.30. The first-order valence-corrected chi connectivity index (χ1v) is 9.81. The number of nitro benzene ring substituents is 1. The number of hydrogen-bond acceptors (Lipinski definition) is 7. The van der Waals surface area contributed by atoms with Gasteiger partial charge in [-0.2, -0.15) is 4.72 Å². The maximum atomic E-state index is 12.6. The minimum Gasteiger partial charge on any atom is -0.494 e. The second-order valence-electron chi connectivity index (χ2n) is 5.73. The lowest BCUT2D eigenvalue weighted by Crippen LogP contribution is -2.42. The van der Waals surface area contributed by atoms with Crippen molar-refractivity contribution in [3.8, 4) is 5.75 Å². The molecule has 0 spiro atoms. The van der Waals surface area contributed by atoms with E-state index in [1.807, 2.05) is 6.92 Å². The lowest BCUT2D eigenvalue weighted by Gasteiger charge is -2.17. The quantitative estimate of drug-likeness (QED) is 0.382. The van der Waals surface area contributed by atoms with Crippen molar-refractivity contribution in [3.05, 3.63) is 64.2 Å². The minimum atomic E-state index is -4.09. The molecule has 0 saturated carbocycles. The Kier molecular flexibility index (Phi) is 7.07. The summed E-state index contributed by atoms with van der Waals surface area (Å²) in [4.78, 5) is 22.0. The summed E-state index contributed by atoms with van der Waals surface area (Å²) in [6.45, 7) is 2.37. The van der Waals surface area contributed by atoms with Gasteiger partial charge in [-0.05, 0) is 43.2 Å². The van der Waals surface area contributed by atoms with Crippen molar-refractivity contribution in [2.45, 2.75) is 24.3 Å². The monoisotopic (exact) mass is 408 g/mol. The standard InChI is InChI=1S/C18H20N2O7S/c1-3-27-15-8-4-13(5-9-15)12-17(18(21)26-2)19-28(24,25)16-10-6-14(7-11-16)20(22)23/h4-11,17,19H,3,12H2,1-2H3/t17-/m1/s1. The van der Waals surface area contributed by atoms with Gasteiger partial charge in [0.25, 0.3) is 5.69 Å².